The third-order valence-electron chi connectivity index (χ3n) is 4.64. The van der Waals surface area contributed by atoms with Crippen LogP contribution in [0, 0.1) is 3.57 Å². The monoisotopic (exact) mass is 499 g/mol. The Morgan fingerprint density at radius 1 is 1.18 bits per heavy atom. The second kappa shape index (κ2) is 7.75. The van der Waals surface area contributed by atoms with Gasteiger partial charge in [0.1, 0.15) is 30.4 Å². The smallest absolute Gasteiger partial charge is 0.167 e. The number of hydrogen-bond acceptors (Lipinski definition) is 9. The topological polar surface area (TPSA) is 146 Å². The fraction of sp³-hybridized carbons (Fsp3) is 0.353. The number of hydrogen-bond donors (Lipinski definition) is 5. The van der Waals surface area contributed by atoms with Crippen molar-refractivity contribution in [3.63, 3.8) is 0 Å². The number of nitrogens with zero attached hydrogens (tertiary/aromatic N) is 4. The first kappa shape index (κ1) is 19.3. The molecule has 0 bridgehead atoms. The number of fused-ring (bicyclic) bond motifs is 1. The number of phenols is 1. The van der Waals surface area contributed by atoms with Crippen LogP contribution >= 0.6 is 22.6 Å². The number of imidazole rings is 1. The molecule has 0 aliphatic carbocycles. The molecule has 2 aromatic heterocycles. The van der Waals surface area contributed by atoms with Gasteiger partial charge >= 0.3 is 0 Å². The lowest BCUT2D eigenvalue weighted by atomic mass is 10.1. The van der Waals surface area contributed by atoms with E-state index in [0.29, 0.717) is 29.1 Å². The fourth-order valence-corrected chi connectivity index (χ4v) is 3.62. The maximum Gasteiger partial charge on any atom is 0.167 e. The van der Waals surface area contributed by atoms with Crippen molar-refractivity contribution in [1.82, 2.24) is 19.5 Å². The van der Waals surface area contributed by atoms with Crippen molar-refractivity contribution in [2.24, 2.45) is 0 Å². The summed E-state index contributed by atoms with van der Waals surface area (Å²) in [4.78, 5) is 12.7. The first-order valence-corrected chi connectivity index (χ1v) is 9.58. The molecule has 1 saturated heterocycles. The number of aliphatic hydroxyl groups is 3. The molecule has 28 heavy (non-hydrogen) atoms. The van der Waals surface area contributed by atoms with E-state index in [1.807, 2.05) is 12.1 Å². The van der Waals surface area contributed by atoms with E-state index in [1.165, 1.54) is 17.2 Å². The summed E-state index contributed by atoms with van der Waals surface area (Å²) >= 11 is 2.12. The van der Waals surface area contributed by atoms with Crippen molar-refractivity contribution in [2.75, 3.05) is 11.9 Å². The second-order valence-electron chi connectivity index (χ2n) is 6.40. The van der Waals surface area contributed by atoms with E-state index >= 15 is 0 Å². The third kappa shape index (κ3) is 3.39. The number of aromatic hydroxyl groups is 1. The first-order valence-electron chi connectivity index (χ1n) is 8.51. The minimum atomic E-state index is -1.23. The number of aliphatic hydroxyl groups excluding tert-OH is 3. The zero-order chi connectivity index (χ0) is 19.8. The van der Waals surface area contributed by atoms with Crippen LogP contribution in [0.3, 0.4) is 0 Å². The van der Waals surface area contributed by atoms with Crippen molar-refractivity contribution >= 4 is 39.6 Å². The number of ether oxygens (including phenoxy) is 1. The van der Waals surface area contributed by atoms with E-state index in [1.54, 1.807) is 6.07 Å². The molecule has 4 atom stereocenters. The normalized spacial score (nSPS) is 24.7. The predicted molar refractivity (Wildman–Crippen MR) is 106 cm³/mol. The molecule has 0 radical (unpaired) electrons. The van der Waals surface area contributed by atoms with E-state index < -0.39 is 31.1 Å². The van der Waals surface area contributed by atoms with Crippen molar-refractivity contribution in [3.05, 3.63) is 40.0 Å². The minimum Gasteiger partial charge on any atom is -0.508 e. The molecule has 1 fully saturated rings. The molecule has 10 nitrogen and oxygen atoms in total. The summed E-state index contributed by atoms with van der Waals surface area (Å²) in [5.74, 6) is 0.634. The van der Waals surface area contributed by atoms with Gasteiger partial charge in [0, 0.05) is 15.7 Å². The van der Waals surface area contributed by atoms with Gasteiger partial charge in [0.05, 0.1) is 12.9 Å². The van der Waals surface area contributed by atoms with Crippen molar-refractivity contribution in [3.8, 4) is 5.75 Å². The number of benzene rings is 1. The number of phenolic OH excluding ortho intramolecular Hbond substituents is 1. The Labute approximate surface area is 173 Å². The largest absolute Gasteiger partial charge is 0.508 e. The molecular weight excluding hydrogens is 481 g/mol. The molecule has 1 aliphatic heterocycles. The third-order valence-corrected chi connectivity index (χ3v) is 5.31. The lowest BCUT2D eigenvalue weighted by Gasteiger charge is -2.16. The quantitative estimate of drug-likeness (QED) is 0.314. The Balaban J connectivity index is 1.60. The highest BCUT2D eigenvalue weighted by Crippen LogP contribution is 2.32. The maximum atomic E-state index is 10.2. The summed E-state index contributed by atoms with van der Waals surface area (Å²) < 4.78 is 7.97. The maximum absolute atomic E-state index is 10.2. The molecule has 5 N–H and O–H groups in total. The molecule has 0 amide bonds. The van der Waals surface area contributed by atoms with Gasteiger partial charge in [-0.15, -0.1) is 0 Å². The van der Waals surface area contributed by atoms with E-state index in [2.05, 4.69) is 42.9 Å². The molecule has 1 unspecified atom stereocenters. The Kier molecular flexibility index (Phi) is 5.33. The van der Waals surface area contributed by atoms with Crippen molar-refractivity contribution in [2.45, 2.75) is 31.1 Å². The number of nitrogens with one attached hydrogen (secondary N) is 1. The summed E-state index contributed by atoms with van der Waals surface area (Å²) in [6, 6.07) is 5.38. The van der Waals surface area contributed by atoms with Gasteiger partial charge in [-0.2, -0.15) is 0 Å². The summed E-state index contributed by atoms with van der Waals surface area (Å²) in [5.41, 5.74) is 1.56. The van der Waals surface area contributed by atoms with Crippen molar-refractivity contribution in [1.29, 1.82) is 0 Å². The molecule has 11 heteroatoms. The average molecular weight is 499 g/mol. The van der Waals surface area contributed by atoms with Crippen LogP contribution in [-0.2, 0) is 11.3 Å². The molecule has 3 heterocycles. The van der Waals surface area contributed by atoms with Crippen LogP contribution in [0.15, 0.2) is 30.9 Å². The van der Waals surface area contributed by atoms with Gasteiger partial charge in [-0.1, -0.05) is 6.07 Å². The molecule has 0 saturated carbocycles. The van der Waals surface area contributed by atoms with Crippen LogP contribution in [0.2, 0.25) is 0 Å². The average Bonchev–Trinajstić information content (AvgIpc) is 3.23. The summed E-state index contributed by atoms with van der Waals surface area (Å²) in [6.07, 6.45) is -1.48. The van der Waals surface area contributed by atoms with Crippen LogP contribution in [0.5, 0.6) is 5.75 Å². The standard InChI is InChI=1S/C17H18IN5O5/c18-9-2-1-8(10(25)3-9)4-19-15-12-16(21-6-20-15)23(7-22-12)17-14(27)13(26)11(5-24)28-17/h1-3,6-7,11,13-14,17,24-27H,4-5H2,(H,19,20,21)/t11-,13-,14-,17?/m1/s1. The van der Waals surface area contributed by atoms with Gasteiger partial charge in [-0.3, -0.25) is 4.57 Å². The van der Waals surface area contributed by atoms with Crippen LogP contribution in [0.25, 0.3) is 11.2 Å². The fourth-order valence-electron chi connectivity index (χ4n) is 3.14. The van der Waals surface area contributed by atoms with E-state index in [0.717, 1.165) is 3.57 Å². The zero-order valence-corrected chi connectivity index (χ0v) is 16.6. The lowest BCUT2D eigenvalue weighted by Crippen LogP contribution is -2.33. The van der Waals surface area contributed by atoms with Crippen LogP contribution in [0.4, 0.5) is 5.82 Å². The number of anilines is 1. The Morgan fingerprint density at radius 3 is 2.71 bits per heavy atom. The van der Waals surface area contributed by atoms with Gasteiger partial charge in [0.2, 0.25) is 0 Å². The highest BCUT2D eigenvalue weighted by molar-refractivity contribution is 14.1. The van der Waals surface area contributed by atoms with E-state index in [-0.39, 0.29) is 5.75 Å². The molecule has 4 rings (SSSR count). The molecule has 1 aliphatic rings. The Bertz CT molecular complexity index is 999. The van der Waals surface area contributed by atoms with E-state index in [9.17, 15) is 20.4 Å². The van der Waals surface area contributed by atoms with Crippen LogP contribution in [-0.4, -0.2) is 64.9 Å². The number of aromatic nitrogens is 4. The van der Waals surface area contributed by atoms with Crippen LogP contribution < -0.4 is 5.32 Å². The lowest BCUT2D eigenvalue weighted by molar-refractivity contribution is -0.0511. The summed E-state index contributed by atoms with van der Waals surface area (Å²) in [5, 5.41) is 42.7. The number of halogens is 1. The van der Waals surface area contributed by atoms with Gasteiger partial charge in [-0.05, 0) is 34.7 Å². The van der Waals surface area contributed by atoms with Gasteiger partial charge in [-0.25, -0.2) is 15.0 Å². The highest BCUT2D eigenvalue weighted by Gasteiger charge is 2.44. The molecular formula is C17H18IN5O5. The molecule has 1 aromatic carbocycles. The second-order valence-corrected chi connectivity index (χ2v) is 7.65. The Hall–Kier alpha value is -2.06. The first-order chi connectivity index (χ1) is 13.5. The predicted octanol–water partition coefficient (Wildman–Crippen LogP) is 0.360. The Morgan fingerprint density at radius 2 is 2.00 bits per heavy atom. The highest BCUT2D eigenvalue weighted by atomic mass is 127. The van der Waals surface area contributed by atoms with Gasteiger partial charge < -0.3 is 30.5 Å². The minimum absolute atomic E-state index is 0.182. The summed E-state index contributed by atoms with van der Waals surface area (Å²) in [6.45, 7) is -0.0851. The van der Waals surface area contributed by atoms with Gasteiger partial charge in [0.25, 0.3) is 0 Å². The molecule has 0 spiro atoms. The van der Waals surface area contributed by atoms with Gasteiger partial charge in [0.15, 0.2) is 23.2 Å². The number of rotatable bonds is 5. The molecule has 148 valence electrons. The molecule has 3 aromatic rings. The zero-order valence-electron chi connectivity index (χ0n) is 14.5. The summed E-state index contributed by atoms with van der Waals surface area (Å²) in [7, 11) is 0. The van der Waals surface area contributed by atoms with Crippen molar-refractivity contribution < 1.29 is 25.2 Å². The van der Waals surface area contributed by atoms with Crippen LogP contribution in [0.1, 0.15) is 11.8 Å². The van der Waals surface area contributed by atoms with E-state index in [4.69, 9.17) is 4.74 Å². The SMILES string of the molecule is OC[C@H]1OC(n2cnc3c(NCc4ccc(I)cc4O)ncnc32)[C@H](O)[C@@H]1O.